The Balaban J connectivity index is 1.86. The standard InChI is InChI=1S/C30H29N3O/c1-29(2,20-12-7-5-8-13-20)22-18-24(23-16-11-17-26-27(23)32-33-31-26)28(34)25(19-22)30(3,4)21-14-9-6-10-15-21/h5-19,34H,1-4H3,(H,31,32,33)/i11D,16D. The number of aromatic amines is 1. The molecule has 5 rings (SSSR count). The fourth-order valence-corrected chi connectivity index (χ4v) is 4.65. The number of nitrogens with zero attached hydrogens (tertiary/aromatic N) is 2. The predicted molar refractivity (Wildman–Crippen MR) is 138 cm³/mol. The summed E-state index contributed by atoms with van der Waals surface area (Å²) in [5.74, 6) is 0.0832. The highest BCUT2D eigenvalue weighted by Gasteiger charge is 2.32. The lowest BCUT2D eigenvalue weighted by Gasteiger charge is -2.32. The van der Waals surface area contributed by atoms with E-state index in [4.69, 9.17) is 2.74 Å². The van der Waals surface area contributed by atoms with E-state index >= 15 is 0 Å². The molecular formula is C30H29N3O. The molecule has 1 aromatic heterocycles. The van der Waals surface area contributed by atoms with E-state index < -0.39 is 10.8 Å². The van der Waals surface area contributed by atoms with Crippen molar-refractivity contribution in [1.82, 2.24) is 15.4 Å². The van der Waals surface area contributed by atoms with Crippen LogP contribution in [0.25, 0.3) is 22.2 Å². The van der Waals surface area contributed by atoms with Crippen molar-refractivity contribution < 1.29 is 7.85 Å². The smallest absolute Gasteiger partial charge is 0.127 e. The van der Waals surface area contributed by atoms with Crippen molar-refractivity contribution in [3.05, 3.63) is 113 Å². The van der Waals surface area contributed by atoms with Crippen LogP contribution in [0.15, 0.2) is 90.9 Å². The van der Waals surface area contributed by atoms with E-state index in [1.54, 1.807) is 6.07 Å². The van der Waals surface area contributed by atoms with Crippen LogP contribution < -0.4 is 0 Å². The van der Waals surface area contributed by atoms with Crippen molar-refractivity contribution >= 4 is 11.0 Å². The molecule has 1 heterocycles. The molecular weight excluding hydrogens is 418 g/mol. The third kappa shape index (κ3) is 3.56. The number of hydrogen-bond donors (Lipinski definition) is 2. The second-order valence-corrected chi connectivity index (χ2v) is 9.76. The van der Waals surface area contributed by atoms with Gasteiger partial charge < -0.3 is 5.11 Å². The molecule has 0 unspecified atom stereocenters. The topological polar surface area (TPSA) is 61.8 Å². The van der Waals surface area contributed by atoms with Crippen molar-refractivity contribution in [1.29, 1.82) is 0 Å². The third-order valence-electron chi connectivity index (χ3n) is 6.99. The van der Waals surface area contributed by atoms with Crippen LogP contribution in [0.1, 0.15) is 52.7 Å². The summed E-state index contributed by atoms with van der Waals surface area (Å²) in [5, 5.41) is 22.8. The van der Waals surface area contributed by atoms with E-state index in [-0.39, 0.29) is 17.8 Å². The summed E-state index contributed by atoms with van der Waals surface area (Å²) >= 11 is 0. The minimum absolute atomic E-state index is 0.00448. The van der Waals surface area contributed by atoms with Crippen molar-refractivity contribution in [3.8, 4) is 16.9 Å². The largest absolute Gasteiger partial charge is 0.507 e. The molecule has 0 radical (unpaired) electrons. The Hall–Kier alpha value is -3.92. The predicted octanol–water partition coefficient (Wildman–Crippen LogP) is 6.98. The molecule has 4 heteroatoms. The summed E-state index contributed by atoms with van der Waals surface area (Å²) < 4.78 is 17.1. The average Bonchev–Trinajstić information content (AvgIpc) is 3.34. The highest BCUT2D eigenvalue weighted by molar-refractivity contribution is 5.93. The molecule has 0 aliphatic carbocycles. The molecule has 0 bridgehead atoms. The number of rotatable bonds is 5. The van der Waals surface area contributed by atoms with E-state index in [0.29, 0.717) is 22.2 Å². The Bertz CT molecular complexity index is 1560. The summed E-state index contributed by atoms with van der Waals surface area (Å²) in [6.07, 6.45) is 0. The van der Waals surface area contributed by atoms with Gasteiger partial charge in [0.05, 0.1) is 8.26 Å². The Morgan fingerprint density at radius 1 is 0.765 bits per heavy atom. The fraction of sp³-hybridized carbons (Fsp3) is 0.200. The maximum absolute atomic E-state index is 11.8. The van der Waals surface area contributed by atoms with Crippen LogP contribution in [0.2, 0.25) is 0 Å². The van der Waals surface area contributed by atoms with Gasteiger partial charge in [-0.15, -0.1) is 5.10 Å². The van der Waals surface area contributed by atoms with E-state index in [1.807, 2.05) is 42.5 Å². The van der Waals surface area contributed by atoms with Gasteiger partial charge in [-0.25, -0.2) is 0 Å². The number of nitrogens with one attached hydrogen (secondary N) is 1. The zero-order valence-electron chi connectivity index (χ0n) is 21.8. The van der Waals surface area contributed by atoms with Crippen molar-refractivity contribution in [2.24, 2.45) is 0 Å². The Labute approximate surface area is 203 Å². The van der Waals surface area contributed by atoms with Crippen molar-refractivity contribution in [3.63, 3.8) is 0 Å². The Morgan fingerprint density at radius 3 is 2.03 bits per heavy atom. The molecule has 0 aliphatic heterocycles. The zero-order chi connectivity index (χ0) is 25.7. The SMILES string of the molecule is [2H]c1cc2[nH]nnc2c(-c2cc(C(C)(C)c3ccccc3)cc(C(C)(C)c3ccccc3)c2O)c1[2H]. The normalized spacial score (nSPS) is 13.1. The number of phenols is 1. The number of benzene rings is 4. The minimum atomic E-state index is -0.535. The second-order valence-electron chi connectivity index (χ2n) is 9.76. The third-order valence-corrected chi connectivity index (χ3v) is 6.99. The highest BCUT2D eigenvalue weighted by Crippen LogP contribution is 2.46. The van der Waals surface area contributed by atoms with Gasteiger partial charge in [-0.2, -0.15) is 0 Å². The van der Waals surface area contributed by atoms with Gasteiger partial charge in [0.2, 0.25) is 0 Å². The molecule has 0 aliphatic rings. The molecule has 0 saturated carbocycles. The van der Waals surface area contributed by atoms with Crippen LogP contribution in [-0.2, 0) is 10.8 Å². The van der Waals surface area contributed by atoms with Gasteiger partial charge >= 0.3 is 0 Å². The Kier molecular flexibility index (Phi) is 4.68. The fourth-order valence-electron chi connectivity index (χ4n) is 4.65. The molecule has 0 fully saturated rings. The van der Waals surface area contributed by atoms with Crippen LogP contribution in [0.4, 0.5) is 0 Å². The zero-order valence-corrected chi connectivity index (χ0v) is 19.8. The first-order chi connectivity index (χ1) is 17.1. The number of H-pyrrole nitrogens is 1. The van der Waals surface area contributed by atoms with E-state index in [1.165, 1.54) is 0 Å². The van der Waals surface area contributed by atoms with Crippen molar-refractivity contribution in [2.45, 2.75) is 38.5 Å². The molecule has 2 N–H and O–H groups in total. The minimum Gasteiger partial charge on any atom is -0.507 e. The van der Waals surface area contributed by atoms with Gasteiger partial charge in [-0.05, 0) is 28.8 Å². The number of fused-ring (bicyclic) bond motifs is 1. The molecule has 0 saturated heterocycles. The van der Waals surface area contributed by atoms with Gasteiger partial charge in [0, 0.05) is 27.5 Å². The van der Waals surface area contributed by atoms with Gasteiger partial charge in [-0.1, -0.05) is 112 Å². The molecule has 0 atom stereocenters. The Morgan fingerprint density at radius 2 is 1.38 bits per heavy atom. The molecule has 170 valence electrons. The van der Waals surface area contributed by atoms with E-state index in [2.05, 4.69) is 73.4 Å². The van der Waals surface area contributed by atoms with Crippen molar-refractivity contribution in [2.75, 3.05) is 0 Å². The highest BCUT2D eigenvalue weighted by atomic mass is 16.3. The first-order valence-electron chi connectivity index (χ1n) is 12.4. The summed E-state index contributed by atoms with van der Waals surface area (Å²) in [6, 6.07) is 26.0. The van der Waals surface area contributed by atoms with Crippen LogP contribution in [0.5, 0.6) is 5.75 Å². The lowest BCUT2D eigenvalue weighted by Crippen LogP contribution is -2.23. The maximum atomic E-state index is 11.8. The molecule has 4 aromatic carbocycles. The monoisotopic (exact) mass is 449 g/mol. The summed E-state index contributed by atoms with van der Waals surface area (Å²) in [6.45, 7) is 8.50. The summed E-state index contributed by atoms with van der Waals surface area (Å²) in [4.78, 5) is 0. The second kappa shape index (κ2) is 8.14. The number of aromatic hydroxyl groups is 1. The maximum Gasteiger partial charge on any atom is 0.127 e. The number of hydrogen-bond acceptors (Lipinski definition) is 3. The van der Waals surface area contributed by atoms with Crippen LogP contribution in [0.3, 0.4) is 0 Å². The lowest BCUT2D eigenvalue weighted by molar-refractivity contribution is 0.454. The van der Waals surface area contributed by atoms with E-state index in [0.717, 1.165) is 22.3 Å². The molecule has 4 nitrogen and oxygen atoms in total. The quantitative estimate of drug-likeness (QED) is 0.304. The van der Waals surface area contributed by atoms with Gasteiger partial charge in [0.15, 0.2) is 0 Å². The molecule has 0 amide bonds. The van der Waals surface area contributed by atoms with E-state index in [9.17, 15) is 5.11 Å². The van der Waals surface area contributed by atoms with Crippen LogP contribution in [-0.4, -0.2) is 20.5 Å². The molecule has 34 heavy (non-hydrogen) atoms. The first-order valence-corrected chi connectivity index (χ1v) is 11.4. The average molecular weight is 450 g/mol. The van der Waals surface area contributed by atoms with Gasteiger partial charge in [-0.3, -0.25) is 5.10 Å². The number of aromatic nitrogens is 3. The number of phenolic OH excluding ortho intramolecular Hbond substituents is 1. The molecule has 5 aromatic rings. The molecule has 0 spiro atoms. The summed E-state index contributed by atoms with van der Waals surface area (Å²) in [5.41, 5.74) is 4.91. The first kappa shape index (κ1) is 19.5. The van der Waals surface area contributed by atoms with Crippen LogP contribution in [0, 0.1) is 0 Å². The van der Waals surface area contributed by atoms with Gasteiger partial charge in [0.25, 0.3) is 0 Å². The van der Waals surface area contributed by atoms with Gasteiger partial charge in [0.1, 0.15) is 11.3 Å². The summed E-state index contributed by atoms with van der Waals surface area (Å²) in [7, 11) is 0. The van der Waals surface area contributed by atoms with Crippen LogP contribution >= 0.6 is 0 Å². The lowest BCUT2D eigenvalue weighted by atomic mass is 9.71.